The molecule has 0 amide bonds. The van der Waals surface area contributed by atoms with Crippen LogP contribution in [0.3, 0.4) is 0 Å². The lowest BCUT2D eigenvalue weighted by Crippen LogP contribution is -1.97. The summed E-state index contributed by atoms with van der Waals surface area (Å²) in [6.07, 6.45) is 9.28. The van der Waals surface area contributed by atoms with E-state index in [9.17, 15) is 0 Å². The summed E-state index contributed by atoms with van der Waals surface area (Å²) in [5.74, 6) is 0.855. The fourth-order valence-electron chi connectivity index (χ4n) is 2.31. The van der Waals surface area contributed by atoms with Crippen LogP contribution in [0.2, 0.25) is 0 Å². The minimum atomic E-state index is -1.45. The molecule has 6 nitrogen and oxygen atoms in total. The van der Waals surface area contributed by atoms with Crippen molar-refractivity contribution in [2.45, 2.75) is 32.0 Å². The summed E-state index contributed by atoms with van der Waals surface area (Å²) in [6.45, 7) is 1.55. The molecule has 0 unspecified atom stereocenters. The number of aromatic nitrogens is 2. The second-order valence-corrected chi connectivity index (χ2v) is 6.89. The molecule has 1 aromatic heterocycles. The van der Waals surface area contributed by atoms with Crippen molar-refractivity contribution in [3.8, 4) is 16.3 Å². The third-order valence-electron chi connectivity index (χ3n) is 3.69. The summed E-state index contributed by atoms with van der Waals surface area (Å²) in [5, 5.41) is 27.3. The monoisotopic (exact) mass is 390 g/mol. The van der Waals surface area contributed by atoms with Crippen molar-refractivity contribution < 1.29 is 19.7 Å². The van der Waals surface area contributed by atoms with Crippen molar-refractivity contribution in [1.82, 2.24) is 10.2 Å². The first-order valence-electron chi connectivity index (χ1n) is 8.95. The molecule has 0 saturated heterocycles. The summed E-state index contributed by atoms with van der Waals surface area (Å²) in [5.41, 5.74) is 0.986. The molecule has 0 atom stereocenters. The van der Waals surface area contributed by atoms with E-state index in [0.29, 0.717) is 0 Å². The highest BCUT2D eigenvalue weighted by molar-refractivity contribution is 7.15. The van der Waals surface area contributed by atoms with E-state index >= 15 is 0 Å². The van der Waals surface area contributed by atoms with Crippen molar-refractivity contribution in [2.24, 2.45) is 0 Å². The number of allylic oxidation sites excluding steroid dienone is 2. The van der Waals surface area contributed by atoms with E-state index in [1.807, 2.05) is 24.3 Å². The molecule has 0 aliphatic rings. The van der Waals surface area contributed by atoms with Gasteiger partial charge in [0.1, 0.15) is 15.8 Å². The van der Waals surface area contributed by atoms with Crippen LogP contribution in [0, 0.1) is 0 Å². The molecule has 2 aromatic rings. The Bertz CT molecular complexity index is 711. The molecule has 0 aliphatic carbocycles. The van der Waals surface area contributed by atoms with Crippen molar-refractivity contribution >= 4 is 17.4 Å². The first kappa shape index (κ1) is 21.2. The maximum atomic E-state index is 8.73. The van der Waals surface area contributed by atoms with Crippen molar-refractivity contribution in [2.75, 3.05) is 20.3 Å². The van der Waals surface area contributed by atoms with Gasteiger partial charge in [-0.2, -0.15) is 0 Å². The zero-order valence-electron chi connectivity index (χ0n) is 15.5. The summed E-state index contributed by atoms with van der Waals surface area (Å²) >= 11 is 1.46. The first-order chi connectivity index (χ1) is 13.2. The molecule has 7 heteroatoms. The molecule has 1 heterocycles. The highest BCUT2D eigenvalue weighted by Gasteiger charge is 2.05. The zero-order valence-corrected chi connectivity index (χ0v) is 16.3. The fraction of sp³-hybridized carbons (Fsp3) is 0.400. The van der Waals surface area contributed by atoms with E-state index in [1.165, 1.54) is 23.8 Å². The summed E-state index contributed by atoms with van der Waals surface area (Å²) in [7, 11) is 1.73. The van der Waals surface area contributed by atoms with Crippen molar-refractivity contribution in [3.05, 3.63) is 47.5 Å². The molecule has 0 spiro atoms. The Kier molecular flexibility index (Phi) is 9.72. The molecule has 2 rings (SSSR count). The Morgan fingerprint density at radius 3 is 2.44 bits per heavy atom. The predicted molar refractivity (Wildman–Crippen MR) is 108 cm³/mol. The topological polar surface area (TPSA) is 84.7 Å². The quantitative estimate of drug-likeness (QED) is 0.327. The van der Waals surface area contributed by atoms with Crippen LogP contribution in [0.1, 0.15) is 30.7 Å². The Morgan fingerprint density at radius 1 is 1.00 bits per heavy atom. The molecule has 2 N–H and O–H groups in total. The SMILES string of the molecule is COCCCCCCOc1ccc(-c2nnc(C=CC=CC(O)O)s2)cc1. The van der Waals surface area contributed by atoms with E-state index in [4.69, 9.17) is 19.7 Å². The first-order valence-corrected chi connectivity index (χ1v) is 9.77. The number of hydrogen-bond acceptors (Lipinski definition) is 7. The lowest BCUT2D eigenvalue weighted by Gasteiger charge is -2.06. The van der Waals surface area contributed by atoms with Gasteiger partial charge >= 0.3 is 0 Å². The maximum absolute atomic E-state index is 8.73. The Hall–Kier alpha value is -2.06. The maximum Gasteiger partial charge on any atom is 0.171 e. The molecular weight excluding hydrogens is 364 g/mol. The van der Waals surface area contributed by atoms with E-state index < -0.39 is 6.29 Å². The third kappa shape index (κ3) is 8.45. The molecule has 27 heavy (non-hydrogen) atoms. The molecule has 0 bridgehead atoms. The number of rotatable bonds is 12. The molecule has 0 fully saturated rings. The van der Waals surface area contributed by atoms with Crippen molar-refractivity contribution in [3.63, 3.8) is 0 Å². The highest BCUT2D eigenvalue weighted by atomic mass is 32.1. The van der Waals surface area contributed by atoms with Crippen LogP contribution < -0.4 is 4.74 Å². The van der Waals surface area contributed by atoms with Gasteiger partial charge < -0.3 is 19.7 Å². The van der Waals surface area contributed by atoms with Gasteiger partial charge in [0.15, 0.2) is 6.29 Å². The van der Waals surface area contributed by atoms with Gasteiger partial charge in [0.05, 0.1) is 6.61 Å². The number of aliphatic hydroxyl groups is 2. The third-order valence-corrected chi connectivity index (χ3v) is 4.62. The van der Waals surface area contributed by atoms with Gasteiger partial charge in [-0.05, 0) is 55.7 Å². The Balaban J connectivity index is 1.78. The number of unbranched alkanes of at least 4 members (excludes halogenated alkanes) is 3. The minimum absolute atomic E-state index is 0.718. The normalized spacial score (nSPS) is 11.9. The standard InChI is InChI=1S/C20H26N2O4S/c1-25-14-6-2-3-7-15-26-17-12-10-16(11-13-17)20-22-21-18(27-20)8-4-5-9-19(23)24/h4-5,8-13,19,23-24H,2-3,6-7,14-15H2,1H3. The van der Waals surface area contributed by atoms with E-state index in [2.05, 4.69) is 10.2 Å². The van der Waals surface area contributed by atoms with Gasteiger partial charge in [0, 0.05) is 19.3 Å². The van der Waals surface area contributed by atoms with Crippen LogP contribution in [0.15, 0.2) is 42.5 Å². The predicted octanol–water partition coefficient (Wildman–Crippen LogP) is 3.67. The van der Waals surface area contributed by atoms with Gasteiger partial charge in [-0.3, -0.25) is 0 Å². The van der Waals surface area contributed by atoms with Gasteiger partial charge in [0.25, 0.3) is 0 Å². The number of benzene rings is 1. The smallest absolute Gasteiger partial charge is 0.171 e. The molecule has 146 valence electrons. The molecule has 1 aromatic carbocycles. The summed E-state index contributed by atoms with van der Waals surface area (Å²) < 4.78 is 10.8. The van der Waals surface area contributed by atoms with Crippen LogP contribution in [0.5, 0.6) is 5.75 Å². The molecule has 0 saturated carbocycles. The van der Waals surface area contributed by atoms with Gasteiger partial charge in [-0.15, -0.1) is 10.2 Å². The second-order valence-electron chi connectivity index (χ2n) is 5.88. The van der Waals surface area contributed by atoms with Gasteiger partial charge in [0.2, 0.25) is 0 Å². The Labute approximate surface area is 163 Å². The largest absolute Gasteiger partial charge is 0.494 e. The Morgan fingerprint density at radius 2 is 1.74 bits per heavy atom. The number of hydrogen-bond donors (Lipinski definition) is 2. The van der Waals surface area contributed by atoms with Crippen LogP contribution in [-0.4, -0.2) is 47.0 Å². The summed E-state index contributed by atoms with van der Waals surface area (Å²) in [6, 6.07) is 7.85. The minimum Gasteiger partial charge on any atom is -0.494 e. The molecule has 0 aliphatic heterocycles. The number of nitrogens with zero attached hydrogens (tertiary/aromatic N) is 2. The number of methoxy groups -OCH3 is 1. The second kappa shape index (κ2) is 12.3. The van der Waals surface area contributed by atoms with Crippen LogP contribution in [0.25, 0.3) is 16.6 Å². The average molecular weight is 391 g/mol. The lowest BCUT2D eigenvalue weighted by molar-refractivity contribution is 0.00239. The van der Waals surface area contributed by atoms with Crippen LogP contribution in [0.4, 0.5) is 0 Å². The lowest BCUT2D eigenvalue weighted by atomic mass is 10.2. The average Bonchev–Trinajstić information content (AvgIpc) is 3.14. The van der Waals surface area contributed by atoms with E-state index in [-0.39, 0.29) is 0 Å². The van der Waals surface area contributed by atoms with Gasteiger partial charge in [-0.1, -0.05) is 29.9 Å². The number of aliphatic hydroxyl groups excluding tert-OH is 1. The highest BCUT2D eigenvalue weighted by Crippen LogP contribution is 2.26. The van der Waals surface area contributed by atoms with E-state index in [1.54, 1.807) is 25.3 Å². The van der Waals surface area contributed by atoms with E-state index in [0.717, 1.165) is 53.8 Å². The molecular formula is C20H26N2O4S. The van der Waals surface area contributed by atoms with Crippen LogP contribution >= 0.6 is 11.3 Å². The summed E-state index contributed by atoms with van der Waals surface area (Å²) in [4.78, 5) is 0. The van der Waals surface area contributed by atoms with Gasteiger partial charge in [-0.25, -0.2) is 0 Å². The van der Waals surface area contributed by atoms with Crippen LogP contribution in [-0.2, 0) is 4.74 Å². The van der Waals surface area contributed by atoms with Crippen molar-refractivity contribution in [1.29, 1.82) is 0 Å². The number of ether oxygens (including phenoxy) is 2. The zero-order chi connectivity index (χ0) is 19.3. The molecule has 0 radical (unpaired) electrons. The fourth-order valence-corrected chi connectivity index (χ4v) is 3.07.